The molecule has 114 valence electrons. The number of ether oxygens (including phenoxy) is 1. The summed E-state index contributed by atoms with van der Waals surface area (Å²) < 4.78 is 7.74. The molecule has 0 bridgehead atoms. The summed E-state index contributed by atoms with van der Waals surface area (Å²) in [5, 5.41) is 9.43. The van der Waals surface area contributed by atoms with E-state index in [1.165, 1.54) is 12.0 Å². The molecule has 2 aromatic rings. The molecule has 0 spiro atoms. The summed E-state index contributed by atoms with van der Waals surface area (Å²) >= 11 is 1.71. The van der Waals surface area contributed by atoms with E-state index in [4.69, 9.17) is 4.74 Å². The van der Waals surface area contributed by atoms with Crippen molar-refractivity contribution in [1.29, 1.82) is 0 Å². The predicted octanol–water partition coefficient (Wildman–Crippen LogP) is 3.54. The van der Waals surface area contributed by atoms with Gasteiger partial charge in [0.2, 0.25) is 0 Å². The Hall–Kier alpha value is -1.33. The van der Waals surface area contributed by atoms with E-state index in [1.54, 1.807) is 11.8 Å². The maximum atomic E-state index is 5.58. The van der Waals surface area contributed by atoms with Crippen LogP contribution < -0.4 is 0 Å². The Morgan fingerprint density at radius 3 is 2.71 bits per heavy atom. The number of nitrogens with zero attached hydrogens (tertiary/aromatic N) is 3. The first kappa shape index (κ1) is 16.0. The molecule has 0 amide bonds. The average Bonchev–Trinajstić information content (AvgIpc) is 2.85. The molecule has 4 nitrogen and oxygen atoms in total. The first-order valence-electron chi connectivity index (χ1n) is 7.45. The van der Waals surface area contributed by atoms with Crippen molar-refractivity contribution in [3.05, 3.63) is 41.7 Å². The fourth-order valence-electron chi connectivity index (χ4n) is 1.96. The Kier molecular flexibility index (Phi) is 6.76. The molecule has 2 rings (SSSR count). The van der Waals surface area contributed by atoms with Gasteiger partial charge in [-0.3, -0.25) is 0 Å². The fraction of sp³-hybridized carbons (Fsp3) is 0.500. The van der Waals surface area contributed by atoms with Crippen LogP contribution in [0.3, 0.4) is 0 Å². The van der Waals surface area contributed by atoms with E-state index in [0.29, 0.717) is 0 Å². The molecule has 1 aromatic heterocycles. The minimum Gasteiger partial charge on any atom is -0.381 e. The van der Waals surface area contributed by atoms with Gasteiger partial charge in [-0.25, -0.2) is 0 Å². The monoisotopic (exact) mass is 305 g/mol. The highest BCUT2D eigenvalue weighted by atomic mass is 32.2. The number of hydrogen-bond acceptors (Lipinski definition) is 4. The molecule has 0 aliphatic rings. The Morgan fingerprint density at radius 2 is 1.95 bits per heavy atom. The first-order chi connectivity index (χ1) is 10.3. The van der Waals surface area contributed by atoms with Gasteiger partial charge in [0.15, 0.2) is 5.16 Å². The number of unbranched alkanes of at least 4 members (excludes halogenated alkanes) is 1. The normalized spacial score (nSPS) is 11.0. The molecule has 0 radical (unpaired) electrons. The van der Waals surface area contributed by atoms with E-state index >= 15 is 0 Å². The van der Waals surface area contributed by atoms with Gasteiger partial charge in [0, 0.05) is 12.4 Å². The summed E-state index contributed by atoms with van der Waals surface area (Å²) in [5.41, 5.74) is 1.27. The second kappa shape index (κ2) is 8.85. The SMILES string of the molecule is CCCCOCCSc1nnc(C)n1Cc1ccccc1. The number of hydrogen-bond donors (Lipinski definition) is 0. The van der Waals surface area contributed by atoms with Gasteiger partial charge >= 0.3 is 0 Å². The minimum atomic E-state index is 0.766. The van der Waals surface area contributed by atoms with Crippen molar-refractivity contribution < 1.29 is 4.74 Å². The highest BCUT2D eigenvalue weighted by molar-refractivity contribution is 7.99. The summed E-state index contributed by atoms with van der Waals surface area (Å²) in [6.07, 6.45) is 2.31. The quantitative estimate of drug-likeness (QED) is 0.525. The van der Waals surface area contributed by atoms with Crippen molar-refractivity contribution >= 4 is 11.8 Å². The summed E-state index contributed by atoms with van der Waals surface area (Å²) in [5.74, 6) is 1.87. The van der Waals surface area contributed by atoms with Crippen LogP contribution in [0.1, 0.15) is 31.2 Å². The zero-order valence-electron chi connectivity index (χ0n) is 12.8. The lowest BCUT2D eigenvalue weighted by atomic mass is 10.2. The highest BCUT2D eigenvalue weighted by Gasteiger charge is 2.09. The third-order valence-electron chi connectivity index (χ3n) is 3.19. The van der Waals surface area contributed by atoms with Crippen LogP contribution in [-0.2, 0) is 11.3 Å². The summed E-state index contributed by atoms with van der Waals surface area (Å²) in [4.78, 5) is 0. The van der Waals surface area contributed by atoms with E-state index in [0.717, 1.165) is 42.9 Å². The highest BCUT2D eigenvalue weighted by Crippen LogP contribution is 2.18. The van der Waals surface area contributed by atoms with E-state index in [1.807, 2.05) is 13.0 Å². The molecule has 5 heteroatoms. The molecule has 1 heterocycles. The minimum absolute atomic E-state index is 0.766. The summed E-state index contributed by atoms with van der Waals surface area (Å²) in [6.45, 7) is 6.61. The molecule has 0 saturated heterocycles. The Bertz CT molecular complexity index is 528. The van der Waals surface area contributed by atoms with Crippen LogP contribution in [0.2, 0.25) is 0 Å². The van der Waals surface area contributed by atoms with E-state index in [-0.39, 0.29) is 0 Å². The van der Waals surface area contributed by atoms with Crippen molar-refractivity contribution in [3.8, 4) is 0 Å². The number of rotatable bonds is 9. The molecule has 1 aromatic carbocycles. The maximum absolute atomic E-state index is 5.58. The molecular weight excluding hydrogens is 282 g/mol. The largest absolute Gasteiger partial charge is 0.381 e. The molecule has 0 unspecified atom stereocenters. The number of aryl methyl sites for hydroxylation is 1. The molecule has 0 aliphatic heterocycles. The zero-order chi connectivity index (χ0) is 14.9. The second-order valence-electron chi connectivity index (χ2n) is 4.92. The molecule has 0 N–H and O–H groups in total. The number of thioether (sulfide) groups is 1. The van der Waals surface area contributed by atoms with Crippen LogP contribution in [-0.4, -0.2) is 33.7 Å². The van der Waals surface area contributed by atoms with Gasteiger partial charge in [0.25, 0.3) is 0 Å². The topological polar surface area (TPSA) is 39.9 Å². The molecule has 0 atom stereocenters. The van der Waals surface area contributed by atoms with Crippen LogP contribution in [0.25, 0.3) is 0 Å². The molecular formula is C16H23N3OS. The standard InChI is InChI=1S/C16H23N3OS/c1-3-4-10-20-11-12-21-16-18-17-14(2)19(16)13-15-8-6-5-7-9-15/h5-9H,3-4,10-13H2,1-2H3. The zero-order valence-corrected chi connectivity index (χ0v) is 13.6. The average molecular weight is 305 g/mol. The fourth-order valence-corrected chi connectivity index (χ4v) is 2.79. The number of aromatic nitrogens is 3. The van der Waals surface area contributed by atoms with Crippen molar-refractivity contribution in [3.63, 3.8) is 0 Å². The Labute approximate surface area is 130 Å². The van der Waals surface area contributed by atoms with Gasteiger partial charge in [0.05, 0.1) is 13.2 Å². The first-order valence-corrected chi connectivity index (χ1v) is 8.44. The van der Waals surface area contributed by atoms with Gasteiger partial charge in [-0.1, -0.05) is 55.4 Å². The van der Waals surface area contributed by atoms with Gasteiger partial charge in [-0.15, -0.1) is 10.2 Å². The lowest BCUT2D eigenvalue weighted by molar-refractivity contribution is 0.147. The van der Waals surface area contributed by atoms with Crippen molar-refractivity contribution in [1.82, 2.24) is 14.8 Å². The van der Waals surface area contributed by atoms with Gasteiger partial charge in [0.1, 0.15) is 5.82 Å². The van der Waals surface area contributed by atoms with Crippen LogP contribution in [0, 0.1) is 6.92 Å². The smallest absolute Gasteiger partial charge is 0.191 e. The van der Waals surface area contributed by atoms with E-state index in [9.17, 15) is 0 Å². The lowest BCUT2D eigenvalue weighted by Crippen LogP contribution is -2.05. The molecule has 0 saturated carbocycles. The van der Waals surface area contributed by atoms with Crippen molar-refractivity contribution in [2.45, 2.75) is 38.4 Å². The summed E-state index contributed by atoms with van der Waals surface area (Å²) in [7, 11) is 0. The van der Waals surface area contributed by atoms with E-state index in [2.05, 4.69) is 46.0 Å². The van der Waals surface area contributed by atoms with Crippen LogP contribution in [0.4, 0.5) is 0 Å². The van der Waals surface area contributed by atoms with Gasteiger partial charge in [-0.2, -0.15) is 0 Å². The Morgan fingerprint density at radius 1 is 1.14 bits per heavy atom. The molecule has 21 heavy (non-hydrogen) atoms. The lowest BCUT2D eigenvalue weighted by Gasteiger charge is -2.08. The summed E-state index contributed by atoms with van der Waals surface area (Å²) in [6, 6.07) is 10.4. The van der Waals surface area contributed by atoms with Crippen LogP contribution >= 0.6 is 11.8 Å². The van der Waals surface area contributed by atoms with Crippen molar-refractivity contribution in [2.24, 2.45) is 0 Å². The Balaban J connectivity index is 1.86. The molecule has 0 fully saturated rings. The van der Waals surface area contributed by atoms with Crippen molar-refractivity contribution in [2.75, 3.05) is 19.0 Å². The van der Waals surface area contributed by atoms with Gasteiger partial charge in [-0.05, 0) is 18.9 Å². The van der Waals surface area contributed by atoms with Crippen LogP contribution in [0.15, 0.2) is 35.5 Å². The third kappa shape index (κ3) is 5.17. The maximum Gasteiger partial charge on any atom is 0.191 e. The predicted molar refractivity (Wildman–Crippen MR) is 86.8 cm³/mol. The number of benzene rings is 1. The molecule has 0 aliphatic carbocycles. The van der Waals surface area contributed by atoms with Crippen LogP contribution in [0.5, 0.6) is 0 Å². The van der Waals surface area contributed by atoms with E-state index < -0.39 is 0 Å². The second-order valence-corrected chi connectivity index (χ2v) is 5.98. The third-order valence-corrected chi connectivity index (χ3v) is 4.12. The van der Waals surface area contributed by atoms with Gasteiger partial charge < -0.3 is 9.30 Å².